The second-order valence-electron chi connectivity index (χ2n) is 7.55. The zero-order valence-electron chi connectivity index (χ0n) is 16.0. The van der Waals surface area contributed by atoms with Crippen molar-refractivity contribution in [1.29, 1.82) is 0 Å². The molecule has 0 bridgehead atoms. The lowest BCUT2D eigenvalue weighted by molar-refractivity contribution is 0.0969. The van der Waals surface area contributed by atoms with Crippen molar-refractivity contribution in [3.8, 4) is 0 Å². The molecule has 150 valence electrons. The molecule has 5 rings (SSSR count). The second-order valence-corrected chi connectivity index (χ2v) is 9.33. The van der Waals surface area contributed by atoms with Crippen LogP contribution in [0, 0.1) is 0 Å². The summed E-state index contributed by atoms with van der Waals surface area (Å²) in [6.07, 6.45) is 1.45. The van der Waals surface area contributed by atoms with Crippen LogP contribution >= 0.6 is 27.3 Å². The van der Waals surface area contributed by atoms with Gasteiger partial charge in [-0.05, 0) is 24.3 Å². The van der Waals surface area contributed by atoms with Gasteiger partial charge in [-0.3, -0.25) is 4.90 Å². The Labute approximate surface area is 182 Å². The van der Waals surface area contributed by atoms with E-state index < -0.39 is 6.10 Å². The van der Waals surface area contributed by atoms with Crippen molar-refractivity contribution in [3.05, 3.63) is 58.5 Å². The summed E-state index contributed by atoms with van der Waals surface area (Å²) in [5, 5.41) is 16.5. The number of para-hydroxylation sites is 1. The molecule has 7 heteroatoms. The number of hydrogen-bond donors (Lipinski definition) is 1. The first-order chi connectivity index (χ1) is 14.2. The number of β-amino-alcohol motifs (C(OH)–C–C–N with tert-alkyl or cyclic N) is 1. The van der Waals surface area contributed by atoms with E-state index in [1.807, 2.05) is 11.6 Å². The van der Waals surface area contributed by atoms with Crippen molar-refractivity contribution >= 4 is 54.2 Å². The summed E-state index contributed by atoms with van der Waals surface area (Å²) < 4.78 is 3.33. The number of fused-ring (bicyclic) bond motifs is 3. The number of hydrogen-bond acceptors (Lipinski definition) is 5. The molecule has 29 heavy (non-hydrogen) atoms. The lowest BCUT2D eigenvalue weighted by Crippen LogP contribution is -2.49. The van der Waals surface area contributed by atoms with Crippen molar-refractivity contribution in [2.24, 2.45) is 0 Å². The van der Waals surface area contributed by atoms with Gasteiger partial charge in [-0.2, -0.15) is 0 Å². The van der Waals surface area contributed by atoms with E-state index >= 15 is 0 Å². The average molecular weight is 471 g/mol. The standard InChI is InChI=1S/C22H23BrN4OS/c23-16-5-6-21-19(13-16)18-3-1-2-4-20(18)27(21)15-17(28)14-25-8-10-26(11-9-25)22-24-7-12-29-22/h1-7,12-13,17,28H,8-11,14-15H2/t17-/m1/s1. The monoisotopic (exact) mass is 470 g/mol. The van der Waals surface area contributed by atoms with E-state index in [2.05, 4.69) is 77.7 Å². The van der Waals surface area contributed by atoms with Crippen LogP contribution in [-0.4, -0.2) is 58.4 Å². The number of benzene rings is 2. The molecular weight excluding hydrogens is 448 g/mol. The summed E-state index contributed by atoms with van der Waals surface area (Å²) in [4.78, 5) is 9.10. The van der Waals surface area contributed by atoms with Crippen molar-refractivity contribution in [2.75, 3.05) is 37.6 Å². The number of aliphatic hydroxyl groups excluding tert-OH is 1. The van der Waals surface area contributed by atoms with Crippen molar-refractivity contribution < 1.29 is 5.11 Å². The Morgan fingerprint density at radius 3 is 2.59 bits per heavy atom. The van der Waals surface area contributed by atoms with Crippen molar-refractivity contribution in [3.63, 3.8) is 0 Å². The topological polar surface area (TPSA) is 44.5 Å². The fraction of sp³-hybridized carbons (Fsp3) is 0.318. The summed E-state index contributed by atoms with van der Waals surface area (Å²) in [6.45, 7) is 5.12. The van der Waals surface area contributed by atoms with Gasteiger partial charge in [-0.25, -0.2) is 4.98 Å². The molecule has 0 amide bonds. The number of rotatable bonds is 5. The molecule has 1 N–H and O–H groups in total. The van der Waals surface area contributed by atoms with Crippen molar-refractivity contribution in [2.45, 2.75) is 12.6 Å². The Morgan fingerprint density at radius 1 is 1.00 bits per heavy atom. The van der Waals surface area contributed by atoms with Gasteiger partial charge in [0, 0.05) is 70.6 Å². The minimum Gasteiger partial charge on any atom is -0.390 e. The normalized spacial score (nSPS) is 16.7. The zero-order chi connectivity index (χ0) is 19.8. The molecule has 5 nitrogen and oxygen atoms in total. The predicted octanol–water partition coefficient (Wildman–Crippen LogP) is 4.20. The highest BCUT2D eigenvalue weighted by atomic mass is 79.9. The molecule has 3 heterocycles. The maximum atomic E-state index is 10.9. The first-order valence-electron chi connectivity index (χ1n) is 9.90. The Kier molecular flexibility index (Phi) is 5.30. The van der Waals surface area contributed by atoms with E-state index in [-0.39, 0.29) is 0 Å². The van der Waals surface area contributed by atoms with Crippen LogP contribution in [0.15, 0.2) is 58.5 Å². The summed E-state index contributed by atoms with van der Waals surface area (Å²) in [6, 6.07) is 14.8. The van der Waals surface area contributed by atoms with E-state index in [1.165, 1.54) is 21.8 Å². The molecule has 1 saturated heterocycles. The largest absolute Gasteiger partial charge is 0.390 e. The van der Waals surface area contributed by atoms with Gasteiger partial charge in [0.1, 0.15) is 0 Å². The number of aliphatic hydroxyl groups is 1. The molecule has 1 fully saturated rings. The highest BCUT2D eigenvalue weighted by Crippen LogP contribution is 2.31. The van der Waals surface area contributed by atoms with Gasteiger partial charge in [-0.15, -0.1) is 11.3 Å². The van der Waals surface area contributed by atoms with Crippen LogP contribution in [0.3, 0.4) is 0 Å². The first kappa shape index (κ1) is 19.1. The van der Waals surface area contributed by atoms with Gasteiger partial charge in [0.05, 0.1) is 12.6 Å². The fourth-order valence-electron chi connectivity index (χ4n) is 4.28. The number of thiazole rings is 1. The first-order valence-corrected chi connectivity index (χ1v) is 11.6. The van der Waals surface area contributed by atoms with E-state index in [0.29, 0.717) is 13.1 Å². The van der Waals surface area contributed by atoms with Gasteiger partial charge in [0.25, 0.3) is 0 Å². The van der Waals surface area contributed by atoms with Crippen LogP contribution in [0.1, 0.15) is 0 Å². The number of aromatic nitrogens is 2. The minimum atomic E-state index is -0.413. The molecule has 1 aliphatic heterocycles. The van der Waals surface area contributed by atoms with E-state index in [9.17, 15) is 5.11 Å². The van der Waals surface area contributed by atoms with Crippen LogP contribution in [0.4, 0.5) is 5.13 Å². The molecule has 0 saturated carbocycles. The van der Waals surface area contributed by atoms with E-state index in [0.717, 1.165) is 35.8 Å². The van der Waals surface area contributed by atoms with Gasteiger partial charge in [0.15, 0.2) is 5.13 Å². The van der Waals surface area contributed by atoms with E-state index in [1.54, 1.807) is 11.3 Å². The molecule has 4 aromatic rings. The Balaban J connectivity index is 1.31. The van der Waals surface area contributed by atoms with Gasteiger partial charge in [-0.1, -0.05) is 34.1 Å². The Bertz CT molecular complexity index is 1120. The Hall–Kier alpha value is -1.93. The molecule has 0 spiro atoms. The predicted molar refractivity (Wildman–Crippen MR) is 124 cm³/mol. The van der Waals surface area contributed by atoms with Crippen LogP contribution in [0.2, 0.25) is 0 Å². The highest BCUT2D eigenvalue weighted by Gasteiger charge is 2.21. The molecular formula is C22H23BrN4OS. The fourth-order valence-corrected chi connectivity index (χ4v) is 5.34. The summed E-state index contributed by atoms with van der Waals surface area (Å²) >= 11 is 5.28. The number of nitrogens with zero attached hydrogens (tertiary/aromatic N) is 4. The third-order valence-corrected chi connectivity index (χ3v) is 6.98. The average Bonchev–Trinajstić information content (AvgIpc) is 3.36. The molecule has 1 atom stereocenters. The van der Waals surface area contributed by atoms with E-state index in [4.69, 9.17) is 0 Å². The molecule has 2 aromatic carbocycles. The SMILES string of the molecule is O[C@H](CN1CCN(c2nccs2)CC1)Cn1c2ccccc2c2cc(Br)ccc21. The quantitative estimate of drug-likeness (QED) is 0.474. The van der Waals surface area contributed by atoms with Crippen LogP contribution in [0.25, 0.3) is 21.8 Å². The number of piperazine rings is 1. The summed E-state index contributed by atoms with van der Waals surface area (Å²) in [7, 11) is 0. The molecule has 0 aliphatic carbocycles. The highest BCUT2D eigenvalue weighted by molar-refractivity contribution is 9.10. The lowest BCUT2D eigenvalue weighted by atomic mass is 10.2. The Morgan fingerprint density at radius 2 is 1.79 bits per heavy atom. The third-order valence-electron chi connectivity index (χ3n) is 5.66. The van der Waals surface area contributed by atoms with Crippen LogP contribution in [-0.2, 0) is 6.54 Å². The smallest absolute Gasteiger partial charge is 0.185 e. The number of halogens is 1. The lowest BCUT2D eigenvalue weighted by Gasteiger charge is -2.35. The van der Waals surface area contributed by atoms with Crippen molar-refractivity contribution in [1.82, 2.24) is 14.5 Å². The minimum absolute atomic E-state index is 0.413. The van der Waals surface area contributed by atoms with Gasteiger partial charge in [0.2, 0.25) is 0 Å². The van der Waals surface area contributed by atoms with Gasteiger partial charge < -0.3 is 14.6 Å². The molecule has 1 aliphatic rings. The maximum Gasteiger partial charge on any atom is 0.185 e. The van der Waals surface area contributed by atoms with Crippen LogP contribution in [0.5, 0.6) is 0 Å². The summed E-state index contributed by atoms with van der Waals surface area (Å²) in [5.74, 6) is 0. The van der Waals surface area contributed by atoms with Gasteiger partial charge >= 0.3 is 0 Å². The zero-order valence-corrected chi connectivity index (χ0v) is 18.4. The molecule has 0 unspecified atom stereocenters. The molecule has 0 radical (unpaired) electrons. The summed E-state index contributed by atoms with van der Waals surface area (Å²) in [5.41, 5.74) is 2.34. The molecule has 2 aromatic heterocycles. The third kappa shape index (κ3) is 3.80. The van der Waals surface area contributed by atoms with Crippen LogP contribution < -0.4 is 4.90 Å². The maximum absolute atomic E-state index is 10.9. The number of anilines is 1. The second kappa shape index (κ2) is 8.07.